The van der Waals surface area contributed by atoms with Crippen LogP contribution in [0.15, 0.2) is 83.8 Å². The first-order chi connectivity index (χ1) is 15.7. The maximum atomic E-state index is 12.6. The molecule has 3 aromatic carbocycles. The van der Waals surface area contributed by atoms with Crippen LogP contribution in [-0.4, -0.2) is 26.3 Å². The molecule has 3 aromatic rings. The summed E-state index contributed by atoms with van der Waals surface area (Å²) in [5, 5.41) is 0. The Morgan fingerprint density at radius 2 is 1.45 bits per heavy atom. The van der Waals surface area contributed by atoms with Gasteiger partial charge in [-0.25, -0.2) is 13.1 Å². The molecule has 3 N–H and O–H groups in total. The molecule has 0 bridgehead atoms. The summed E-state index contributed by atoms with van der Waals surface area (Å²) in [6.45, 7) is 3.92. The highest BCUT2D eigenvalue weighted by molar-refractivity contribution is 7.89. The minimum atomic E-state index is -3.83. The molecular formula is C24H25N3O5S. The molecule has 0 radical (unpaired) electrons. The molecule has 0 saturated carbocycles. The zero-order chi connectivity index (χ0) is 23.8. The molecule has 0 aliphatic heterocycles. The molecule has 0 saturated heterocycles. The molecule has 2 amide bonds. The van der Waals surface area contributed by atoms with Gasteiger partial charge < -0.3 is 4.74 Å². The first-order valence-electron chi connectivity index (χ1n) is 10.3. The van der Waals surface area contributed by atoms with Crippen molar-refractivity contribution < 1.29 is 22.7 Å². The Bertz CT molecular complexity index is 1210. The van der Waals surface area contributed by atoms with E-state index in [2.05, 4.69) is 15.6 Å². The molecular weight excluding hydrogens is 442 g/mol. The van der Waals surface area contributed by atoms with Crippen LogP contribution in [0, 0.1) is 0 Å². The lowest BCUT2D eigenvalue weighted by atomic mass is 10.2. The fourth-order valence-corrected chi connectivity index (χ4v) is 3.94. The molecule has 0 fully saturated rings. The van der Waals surface area contributed by atoms with E-state index in [1.54, 1.807) is 36.4 Å². The predicted octanol–water partition coefficient (Wildman–Crippen LogP) is 3.03. The zero-order valence-electron chi connectivity index (χ0n) is 18.2. The van der Waals surface area contributed by atoms with Crippen molar-refractivity contribution in [2.45, 2.75) is 31.4 Å². The first-order valence-corrected chi connectivity index (χ1v) is 11.7. The zero-order valence-corrected chi connectivity index (χ0v) is 19.1. The molecule has 0 aliphatic carbocycles. The van der Waals surface area contributed by atoms with E-state index in [1.165, 1.54) is 24.3 Å². The molecule has 33 heavy (non-hydrogen) atoms. The Morgan fingerprint density at radius 1 is 0.818 bits per heavy atom. The van der Waals surface area contributed by atoms with Gasteiger partial charge in [-0.3, -0.25) is 20.4 Å². The van der Waals surface area contributed by atoms with E-state index in [-0.39, 0.29) is 23.1 Å². The molecule has 8 nitrogen and oxygen atoms in total. The average molecular weight is 468 g/mol. The lowest BCUT2D eigenvalue weighted by molar-refractivity contribution is 0.0846. The van der Waals surface area contributed by atoms with Gasteiger partial charge in [0.2, 0.25) is 10.0 Å². The largest absolute Gasteiger partial charge is 0.491 e. The number of carbonyl (C=O) groups is 2. The maximum Gasteiger partial charge on any atom is 0.269 e. The number of benzene rings is 3. The summed E-state index contributed by atoms with van der Waals surface area (Å²) in [7, 11) is -3.83. The quantitative estimate of drug-likeness (QED) is 0.441. The van der Waals surface area contributed by atoms with E-state index >= 15 is 0 Å². The standard InChI is InChI=1S/C24H25N3O5S/c1-17(2)32-21-13-11-19(12-14-21)23(28)26-27-24(29)20-9-6-10-22(15-20)33(30,31)25-16-18-7-4-3-5-8-18/h3-15,17,25H,16H2,1-2H3,(H,26,28)(H,27,29). The lowest BCUT2D eigenvalue weighted by Crippen LogP contribution is -2.41. The van der Waals surface area contributed by atoms with Gasteiger partial charge in [0.1, 0.15) is 5.75 Å². The van der Waals surface area contributed by atoms with Crippen LogP contribution in [0.5, 0.6) is 5.75 Å². The number of hydrogen-bond donors (Lipinski definition) is 3. The van der Waals surface area contributed by atoms with E-state index in [4.69, 9.17) is 4.74 Å². The Kier molecular flexibility index (Phi) is 7.81. The Morgan fingerprint density at radius 3 is 2.09 bits per heavy atom. The summed E-state index contributed by atoms with van der Waals surface area (Å²) in [4.78, 5) is 24.7. The molecule has 9 heteroatoms. The maximum absolute atomic E-state index is 12.6. The highest BCUT2D eigenvalue weighted by atomic mass is 32.2. The Hall–Kier alpha value is -3.69. The second-order valence-electron chi connectivity index (χ2n) is 7.44. The molecule has 0 heterocycles. The summed E-state index contributed by atoms with van der Waals surface area (Å²) >= 11 is 0. The van der Waals surface area contributed by atoms with E-state index in [0.29, 0.717) is 11.3 Å². The van der Waals surface area contributed by atoms with Gasteiger partial charge in [-0.05, 0) is 61.9 Å². The van der Waals surface area contributed by atoms with E-state index < -0.39 is 21.8 Å². The molecule has 172 valence electrons. The van der Waals surface area contributed by atoms with Crippen molar-refractivity contribution in [3.8, 4) is 5.75 Å². The predicted molar refractivity (Wildman–Crippen MR) is 124 cm³/mol. The fourth-order valence-electron chi connectivity index (χ4n) is 2.88. The van der Waals surface area contributed by atoms with Gasteiger partial charge in [-0.1, -0.05) is 36.4 Å². The van der Waals surface area contributed by atoms with Gasteiger partial charge in [0, 0.05) is 17.7 Å². The summed E-state index contributed by atoms with van der Waals surface area (Å²) in [5.41, 5.74) is 5.83. The van der Waals surface area contributed by atoms with Crippen molar-refractivity contribution in [3.63, 3.8) is 0 Å². The van der Waals surface area contributed by atoms with Gasteiger partial charge in [0.15, 0.2) is 0 Å². The lowest BCUT2D eigenvalue weighted by Gasteiger charge is -2.11. The summed E-state index contributed by atoms with van der Waals surface area (Å²) in [5.74, 6) is -0.541. The van der Waals surface area contributed by atoms with E-state index in [0.717, 1.165) is 5.56 Å². The van der Waals surface area contributed by atoms with Gasteiger partial charge >= 0.3 is 0 Å². The highest BCUT2D eigenvalue weighted by Gasteiger charge is 2.17. The third kappa shape index (κ3) is 6.90. The van der Waals surface area contributed by atoms with Gasteiger partial charge in [-0.2, -0.15) is 0 Å². The van der Waals surface area contributed by atoms with Crippen molar-refractivity contribution >= 4 is 21.8 Å². The summed E-state index contributed by atoms with van der Waals surface area (Å²) in [6, 6.07) is 21.1. The molecule has 0 aromatic heterocycles. The second kappa shape index (κ2) is 10.8. The average Bonchev–Trinajstić information content (AvgIpc) is 2.82. The number of ether oxygens (including phenoxy) is 1. The van der Waals surface area contributed by atoms with Crippen LogP contribution >= 0.6 is 0 Å². The summed E-state index contributed by atoms with van der Waals surface area (Å²) < 4.78 is 33.2. The monoisotopic (exact) mass is 467 g/mol. The first kappa shape index (κ1) is 24.0. The van der Waals surface area contributed by atoms with Crippen molar-refractivity contribution in [1.29, 1.82) is 0 Å². The van der Waals surface area contributed by atoms with E-state index in [9.17, 15) is 18.0 Å². The molecule has 3 rings (SSSR count). The smallest absolute Gasteiger partial charge is 0.269 e. The van der Waals surface area contributed by atoms with Crippen LogP contribution < -0.4 is 20.3 Å². The van der Waals surface area contributed by atoms with Crippen molar-refractivity contribution in [1.82, 2.24) is 15.6 Å². The number of hydrogen-bond acceptors (Lipinski definition) is 5. The minimum absolute atomic E-state index is 0.0112. The minimum Gasteiger partial charge on any atom is -0.491 e. The van der Waals surface area contributed by atoms with Gasteiger partial charge in [0.05, 0.1) is 11.0 Å². The van der Waals surface area contributed by atoms with Crippen LogP contribution in [0.3, 0.4) is 0 Å². The van der Waals surface area contributed by atoms with Crippen molar-refractivity contribution in [2.75, 3.05) is 0 Å². The van der Waals surface area contributed by atoms with Crippen LogP contribution in [-0.2, 0) is 16.6 Å². The molecule has 0 unspecified atom stereocenters. The number of carbonyl (C=O) groups excluding carboxylic acids is 2. The number of rotatable bonds is 8. The van der Waals surface area contributed by atoms with Crippen LogP contribution in [0.4, 0.5) is 0 Å². The van der Waals surface area contributed by atoms with Crippen LogP contribution in [0.25, 0.3) is 0 Å². The third-order valence-electron chi connectivity index (χ3n) is 4.49. The van der Waals surface area contributed by atoms with Gasteiger partial charge in [0.25, 0.3) is 11.8 Å². The Labute approximate surface area is 193 Å². The SMILES string of the molecule is CC(C)Oc1ccc(C(=O)NNC(=O)c2cccc(S(=O)(=O)NCc3ccccc3)c2)cc1. The van der Waals surface area contributed by atoms with Crippen LogP contribution in [0.2, 0.25) is 0 Å². The number of amides is 2. The normalized spacial score (nSPS) is 11.1. The fraction of sp³-hybridized carbons (Fsp3) is 0.167. The topological polar surface area (TPSA) is 114 Å². The number of sulfonamides is 1. The number of nitrogens with one attached hydrogen (secondary N) is 3. The summed E-state index contributed by atoms with van der Waals surface area (Å²) in [6.07, 6.45) is 0.0112. The van der Waals surface area contributed by atoms with Crippen molar-refractivity contribution in [2.24, 2.45) is 0 Å². The Balaban J connectivity index is 1.60. The molecule has 0 atom stereocenters. The highest BCUT2D eigenvalue weighted by Crippen LogP contribution is 2.14. The number of hydrazine groups is 1. The third-order valence-corrected chi connectivity index (χ3v) is 5.89. The second-order valence-corrected chi connectivity index (χ2v) is 9.20. The van der Waals surface area contributed by atoms with Crippen LogP contribution in [0.1, 0.15) is 40.1 Å². The molecule has 0 spiro atoms. The van der Waals surface area contributed by atoms with E-state index in [1.807, 2.05) is 32.0 Å². The molecule has 0 aliphatic rings. The van der Waals surface area contributed by atoms with Gasteiger partial charge in [-0.15, -0.1) is 0 Å². The van der Waals surface area contributed by atoms with Crippen molar-refractivity contribution in [3.05, 3.63) is 95.6 Å².